The molecule has 5 nitrogen and oxygen atoms in total. The van der Waals surface area contributed by atoms with Crippen molar-refractivity contribution in [3.63, 3.8) is 0 Å². The van der Waals surface area contributed by atoms with Gasteiger partial charge in [-0.15, -0.1) is 0 Å². The number of anilines is 1. The summed E-state index contributed by atoms with van der Waals surface area (Å²) in [7, 11) is -3.80. The van der Waals surface area contributed by atoms with E-state index in [2.05, 4.69) is 0 Å². The monoisotopic (exact) mass is 393 g/mol. The molecule has 0 atom stereocenters. The van der Waals surface area contributed by atoms with Gasteiger partial charge in [0.05, 0.1) is 27.8 Å². The predicted molar refractivity (Wildman–Crippen MR) is 101 cm³/mol. The Balaban J connectivity index is 2.00. The second-order valence-corrected chi connectivity index (χ2v) is 8.36. The first-order chi connectivity index (χ1) is 12.4. The molecule has 0 radical (unpaired) electrons. The molecule has 0 aliphatic carbocycles. The molecule has 0 N–H and O–H groups in total. The molecule has 7 heteroatoms. The Labute approximate surface area is 158 Å². The molecule has 0 unspecified atom stereocenters. The van der Waals surface area contributed by atoms with Gasteiger partial charge < -0.3 is 4.74 Å². The number of carbonyl (C=O) groups is 1. The number of halogens is 1. The molecule has 0 saturated carbocycles. The van der Waals surface area contributed by atoms with E-state index in [0.29, 0.717) is 18.7 Å². The molecule has 0 aromatic heterocycles. The minimum atomic E-state index is -3.80. The number of hydrogen-bond donors (Lipinski definition) is 0. The highest BCUT2D eigenvalue weighted by Crippen LogP contribution is 2.32. The summed E-state index contributed by atoms with van der Waals surface area (Å²) < 4.78 is 32.9. The lowest BCUT2D eigenvalue weighted by atomic mass is 10.0. The van der Waals surface area contributed by atoms with Crippen molar-refractivity contribution in [2.45, 2.75) is 31.1 Å². The van der Waals surface area contributed by atoms with Gasteiger partial charge in [-0.05, 0) is 49.1 Å². The number of sulfonamides is 1. The van der Waals surface area contributed by atoms with Crippen molar-refractivity contribution in [2.75, 3.05) is 17.5 Å². The molecule has 1 aliphatic rings. The fourth-order valence-electron chi connectivity index (χ4n) is 2.97. The zero-order valence-corrected chi connectivity index (χ0v) is 16.0. The quantitative estimate of drug-likeness (QED) is 0.719. The molecule has 2 aromatic rings. The first-order valence-electron chi connectivity index (χ1n) is 8.52. The van der Waals surface area contributed by atoms with Gasteiger partial charge >= 0.3 is 5.97 Å². The van der Waals surface area contributed by atoms with Gasteiger partial charge in [-0.2, -0.15) is 0 Å². The second kappa shape index (κ2) is 7.68. The molecule has 0 saturated heterocycles. The topological polar surface area (TPSA) is 63.7 Å². The highest BCUT2D eigenvalue weighted by molar-refractivity contribution is 7.92. The molecule has 0 fully saturated rings. The first-order valence-corrected chi connectivity index (χ1v) is 10.3. The summed E-state index contributed by atoms with van der Waals surface area (Å²) >= 11 is 6.08. The first kappa shape index (κ1) is 18.7. The van der Waals surface area contributed by atoms with Crippen LogP contribution in [0.5, 0.6) is 0 Å². The van der Waals surface area contributed by atoms with Crippen LogP contribution in [0.4, 0.5) is 5.69 Å². The Bertz CT molecular complexity index is 927. The molecule has 138 valence electrons. The van der Waals surface area contributed by atoms with Crippen molar-refractivity contribution in [2.24, 2.45) is 0 Å². The van der Waals surface area contributed by atoms with E-state index in [-0.39, 0.29) is 22.1 Å². The molecule has 0 spiro atoms. The van der Waals surface area contributed by atoms with Crippen LogP contribution in [0, 0.1) is 0 Å². The SMILES string of the molecule is CCCOC(=O)c1cc(S(=O)(=O)N2CCCc3ccccc32)ccc1Cl. The van der Waals surface area contributed by atoms with Gasteiger partial charge in [0.1, 0.15) is 0 Å². The van der Waals surface area contributed by atoms with E-state index < -0.39 is 16.0 Å². The average molecular weight is 394 g/mol. The summed E-state index contributed by atoms with van der Waals surface area (Å²) in [6.45, 7) is 2.53. The number of carbonyl (C=O) groups excluding carboxylic acids is 1. The van der Waals surface area contributed by atoms with Crippen LogP contribution in [-0.4, -0.2) is 27.5 Å². The predicted octanol–water partition coefficient (Wildman–Crippen LogP) is 4.05. The number of benzene rings is 2. The van der Waals surface area contributed by atoms with E-state index in [1.807, 2.05) is 25.1 Å². The third-order valence-electron chi connectivity index (χ3n) is 4.25. The van der Waals surface area contributed by atoms with Crippen molar-refractivity contribution in [1.82, 2.24) is 0 Å². The maximum absolute atomic E-state index is 13.2. The number of esters is 1. The van der Waals surface area contributed by atoms with Gasteiger partial charge in [0.15, 0.2) is 0 Å². The molecule has 26 heavy (non-hydrogen) atoms. The summed E-state index contributed by atoms with van der Waals surface area (Å²) in [5.74, 6) is -0.618. The van der Waals surface area contributed by atoms with E-state index >= 15 is 0 Å². The fraction of sp³-hybridized carbons (Fsp3) is 0.316. The summed E-state index contributed by atoms with van der Waals surface area (Å²) in [5, 5.41) is 0.170. The van der Waals surface area contributed by atoms with Gasteiger partial charge in [0, 0.05) is 6.54 Å². The molecular weight excluding hydrogens is 374 g/mol. The molecule has 1 aliphatic heterocycles. The van der Waals surface area contributed by atoms with Crippen molar-refractivity contribution in [3.05, 3.63) is 58.6 Å². The van der Waals surface area contributed by atoms with E-state index in [9.17, 15) is 13.2 Å². The molecule has 0 bridgehead atoms. The van der Waals surface area contributed by atoms with E-state index in [1.165, 1.54) is 22.5 Å². The van der Waals surface area contributed by atoms with Gasteiger partial charge in [0.25, 0.3) is 10.0 Å². The van der Waals surface area contributed by atoms with Crippen molar-refractivity contribution in [3.8, 4) is 0 Å². The van der Waals surface area contributed by atoms with Crippen LogP contribution >= 0.6 is 11.6 Å². The number of aryl methyl sites for hydroxylation is 1. The van der Waals surface area contributed by atoms with E-state index in [1.54, 1.807) is 6.07 Å². The van der Waals surface area contributed by atoms with E-state index in [0.717, 1.165) is 18.4 Å². The number of fused-ring (bicyclic) bond motifs is 1. The molecule has 1 heterocycles. The van der Waals surface area contributed by atoms with Crippen LogP contribution in [0.3, 0.4) is 0 Å². The Morgan fingerprint density at radius 3 is 2.77 bits per heavy atom. The van der Waals surface area contributed by atoms with Crippen LogP contribution < -0.4 is 4.31 Å². The Morgan fingerprint density at radius 1 is 1.23 bits per heavy atom. The number of para-hydroxylation sites is 1. The van der Waals surface area contributed by atoms with Gasteiger partial charge in [-0.1, -0.05) is 36.7 Å². The Kier molecular flexibility index (Phi) is 5.53. The molecule has 0 amide bonds. The van der Waals surface area contributed by atoms with Crippen molar-refractivity contribution < 1.29 is 17.9 Å². The van der Waals surface area contributed by atoms with Gasteiger partial charge in [0.2, 0.25) is 0 Å². The normalized spacial score (nSPS) is 14.0. The number of nitrogens with zero attached hydrogens (tertiary/aromatic N) is 1. The third kappa shape index (κ3) is 3.57. The number of ether oxygens (including phenoxy) is 1. The fourth-order valence-corrected chi connectivity index (χ4v) is 4.73. The van der Waals surface area contributed by atoms with Crippen molar-refractivity contribution in [1.29, 1.82) is 0 Å². The lowest BCUT2D eigenvalue weighted by molar-refractivity contribution is 0.0505. The second-order valence-electron chi connectivity index (χ2n) is 6.09. The van der Waals surface area contributed by atoms with Gasteiger partial charge in [-0.25, -0.2) is 13.2 Å². The summed E-state index contributed by atoms with van der Waals surface area (Å²) in [6.07, 6.45) is 2.26. The van der Waals surface area contributed by atoms with Crippen LogP contribution in [-0.2, 0) is 21.2 Å². The average Bonchev–Trinajstić information content (AvgIpc) is 2.65. The van der Waals surface area contributed by atoms with Gasteiger partial charge in [-0.3, -0.25) is 4.31 Å². The van der Waals surface area contributed by atoms with Crippen LogP contribution in [0.2, 0.25) is 5.02 Å². The van der Waals surface area contributed by atoms with E-state index in [4.69, 9.17) is 16.3 Å². The lowest BCUT2D eigenvalue weighted by Crippen LogP contribution is -2.35. The minimum Gasteiger partial charge on any atom is -0.462 e. The lowest BCUT2D eigenvalue weighted by Gasteiger charge is -2.30. The third-order valence-corrected chi connectivity index (χ3v) is 6.39. The highest BCUT2D eigenvalue weighted by atomic mass is 35.5. The smallest absolute Gasteiger partial charge is 0.339 e. The molecular formula is C19H20ClNO4S. The van der Waals surface area contributed by atoms with Crippen LogP contribution in [0.15, 0.2) is 47.4 Å². The standard InChI is InChI=1S/C19H20ClNO4S/c1-2-12-25-19(22)16-13-15(9-10-17(16)20)26(23,24)21-11-5-7-14-6-3-4-8-18(14)21/h3-4,6,8-10,13H,2,5,7,11-12H2,1H3. The summed E-state index contributed by atoms with van der Waals surface area (Å²) in [5.41, 5.74) is 1.74. The zero-order valence-electron chi connectivity index (χ0n) is 14.4. The highest BCUT2D eigenvalue weighted by Gasteiger charge is 2.30. The summed E-state index contributed by atoms with van der Waals surface area (Å²) in [6, 6.07) is 11.6. The maximum Gasteiger partial charge on any atom is 0.339 e. The Morgan fingerprint density at radius 2 is 2.00 bits per heavy atom. The molecule has 3 rings (SSSR count). The maximum atomic E-state index is 13.2. The van der Waals surface area contributed by atoms with Crippen LogP contribution in [0.1, 0.15) is 35.7 Å². The Hall–Kier alpha value is -2.05. The summed E-state index contributed by atoms with van der Waals surface area (Å²) in [4.78, 5) is 12.2. The number of rotatable bonds is 5. The minimum absolute atomic E-state index is 0.0297. The largest absolute Gasteiger partial charge is 0.462 e. The molecule has 2 aromatic carbocycles. The number of hydrogen-bond acceptors (Lipinski definition) is 4. The van der Waals surface area contributed by atoms with Crippen LogP contribution in [0.25, 0.3) is 0 Å². The zero-order chi connectivity index (χ0) is 18.7. The van der Waals surface area contributed by atoms with Crippen molar-refractivity contribution >= 4 is 33.3 Å².